The molecular weight excluding hydrogens is 178 g/mol. The normalized spacial score (nSPS) is 15.5. The summed E-state index contributed by atoms with van der Waals surface area (Å²) in [7, 11) is 0. The molecule has 0 saturated carbocycles. The van der Waals surface area contributed by atoms with Gasteiger partial charge in [0.05, 0.1) is 6.61 Å². The van der Waals surface area contributed by atoms with Gasteiger partial charge in [0, 0.05) is 17.6 Å². The second-order valence-electron chi connectivity index (χ2n) is 3.84. The summed E-state index contributed by atoms with van der Waals surface area (Å²) in [6.07, 6.45) is 0. The smallest absolute Gasteiger partial charge is 0.105 e. The Morgan fingerprint density at radius 1 is 1.43 bits per heavy atom. The van der Waals surface area contributed by atoms with Crippen molar-refractivity contribution in [2.75, 3.05) is 6.61 Å². The van der Waals surface area contributed by atoms with Crippen molar-refractivity contribution in [2.45, 2.75) is 39.8 Å². The molecule has 0 radical (unpaired) electrons. The first kappa shape index (κ1) is 11.3. The fourth-order valence-corrected chi connectivity index (χ4v) is 1.65. The van der Waals surface area contributed by atoms with E-state index in [0.29, 0.717) is 0 Å². The van der Waals surface area contributed by atoms with Crippen molar-refractivity contribution < 1.29 is 9.52 Å². The Balaban J connectivity index is 2.69. The Kier molecular flexibility index (Phi) is 3.72. The molecule has 0 fully saturated rings. The maximum absolute atomic E-state index is 8.92. The number of rotatable bonds is 4. The van der Waals surface area contributed by atoms with E-state index in [4.69, 9.17) is 9.52 Å². The van der Waals surface area contributed by atoms with Gasteiger partial charge < -0.3 is 14.8 Å². The summed E-state index contributed by atoms with van der Waals surface area (Å²) in [5.41, 5.74) is 1.17. The van der Waals surface area contributed by atoms with Crippen LogP contribution >= 0.6 is 0 Å². The Hall–Kier alpha value is -0.800. The van der Waals surface area contributed by atoms with Crippen LogP contribution < -0.4 is 5.32 Å². The summed E-state index contributed by atoms with van der Waals surface area (Å²) in [5, 5.41) is 12.2. The van der Waals surface area contributed by atoms with Gasteiger partial charge in [0.1, 0.15) is 11.5 Å². The van der Waals surface area contributed by atoms with Crippen LogP contribution in [0.15, 0.2) is 10.5 Å². The molecule has 2 N–H and O–H groups in total. The number of aliphatic hydroxyl groups is 1. The third kappa shape index (κ3) is 2.59. The zero-order chi connectivity index (χ0) is 10.7. The average Bonchev–Trinajstić information content (AvgIpc) is 2.45. The number of nitrogens with one attached hydrogen (secondary N) is 1. The van der Waals surface area contributed by atoms with Crippen molar-refractivity contribution in [1.82, 2.24) is 5.32 Å². The van der Waals surface area contributed by atoms with Crippen LogP contribution in [-0.4, -0.2) is 17.8 Å². The lowest BCUT2D eigenvalue weighted by molar-refractivity contribution is 0.243. The van der Waals surface area contributed by atoms with Crippen LogP contribution in [0.25, 0.3) is 0 Å². The summed E-state index contributed by atoms with van der Waals surface area (Å²) in [5.74, 6) is 1.88. The molecule has 0 spiro atoms. The van der Waals surface area contributed by atoms with Crippen molar-refractivity contribution in [3.63, 3.8) is 0 Å². The average molecular weight is 197 g/mol. The lowest BCUT2D eigenvalue weighted by Crippen LogP contribution is -2.31. The summed E-state index contributed by atoms with van der Waals surface area (Å²) >= 11 is 0. The molecule has 3 heteroatoms. The molecule has 0 amide bonds. The van der Waals surface area contributed by atoms with Crippen LogP contribution in [0, 0.1) is 13.8 Å². The number of hydrogen-bond acceptors (Lipinski definition) is 3. The van der Waals surface area contributed by atoms with Crippen LogP contribution in [-0.2, 0) is 0 Å². The van der Waals surface area contributed by atoms with Gasteiger partial charge in [0.15, 0.2) is 0 Å². The van der Waals surface area contributed by atoms with E-state index < -0.39 is 0 Å². The molecule has 1 aromatic rings. The van der Waals surface area contributed by atoms with E-state index in [1.54, 1.807) is 0 Å². The highest BCUT2D eigenvalue weighted by atomic mass is 16.3. The minimum Gasteiger partial charge on any atom is -0.466 e. The van der Waals surface area contributed by atoms with Gasteiger partial charge in [0.25, 0.3) is 0 Å². The molecule has 3 nitrogen and oxygen atoms in total. The molecule has 14 heavy (non-hydrogen) atoms. The molecule has 0 aliphatic carbocycles. The minimum absolute atomic E-state index is 0.111. The third-order valence-electron chi connectivity index (χ3n) is 2.35. The first-order valence-corrected chi connectivity index (χ1v) is 4.98. The molecule has 1 rings (SSSR count). The first-order valence-electron chi connectivity index (χ1n) is 4.98. The van der Waals surface area contributed by atoms with E-state index in [-0.39, 0.29) is 18.7 Å². The van der Waals surface area contributed by atoms with Crippen molar-refractivity contribution in [3.8, 4) is 0 Å². The molecule has 1 aromatic heterocycles. The quantitative estimate of drug-likeness (QED) is 0.775. The van der Waals surface area contributed by atoms with Gasteiger partial charge in [-0.25, -0.2) is 0 Å². The molecule has 1 heterocycles. The van der Waals surface area contributed by atoms with Crippen LogP contribution in [0.4, 0.5) is 0 Å². The van der Waals surface area contributed by atoms with E-state index in [1.807, 2.05) is 26.8 Å². The van der Waals surface area contributed by atoms with Crippen LogP contribution in [0.1, 0.15) is 37.0 Å². The molecule has 2 atom stereocenters. The summed E-state index contributed by atoms with van der Waals surface area (Å²) in [6, 6.07) is 2.37. The second-order valence-corrected chi connectivity index (χ2v) is 3.84. The van der Waals surface area contributed by atoms with Crippen molar-refractivity contribution in [3.05, 3.63) is 23.2 Å². The van der Waals surface area contributed by atoms with Crippen LogP contribution in [0.2, 0.25) is 0 Å². The number of hydrogen-bond donors (Lipinski definition) is 2. The number of furan rings is 1. The van der Waals surface area contributed by atoms with E-state index in [2.05, 4.69) is 12.2 Å². The summed E-state index contributed by atoms with van der Waals surface area (Å²) < 4.78 is 5.45. The number of aliphatic hydroxyl groups excluding tert-OH is 1. The van der Waals surface area contributed by atoms with E-state index in [9.17, 15) is 0 Å². The zero-order valence-electron chi connectivity index (χ0n) is 9.29. The first-order chi connectivity index (χ1) is 6.54. The highest BCUT2D eigenvalue weighted by Crippen LogP contribution is 2.21. The summed E-state index contributed by atoms with van der Waals surface area (Å²) in [6.45, 7) is 8.09. The molecule has 2 unspecified atom stereocenters. The fraction of sp³-hybridized carbons (Fsp3) is 0.636. The molecular formula is C11H19NO2. The topological polar surface area (TPSA) is 45.4 Å². The van der Waals surface area contributed by atoms with Crippen molar-refractivity contribution in [1.29, 1.82) is 0 Å². The molecule has 0 saturated heterocycles. The Morgan fingerprint density at radius 3 is 2.50 bits per heavy atom. The highest BCUT2D eigenvalue weighted by molar-refractivity contribution is 5.23. The molecule has 80 valence electrons. The van der Waals surface area contributed by atoms with E-state index >= 15 is 0 Å². The van der Waals surface area contributed by atoms with E-state index in [1.165, 1.54) is 5.56 Å². The number of aryl methyl sites for hydroxylation is 2. The monoisotopic (exact) mass is 197 g/mol. The molecule has 0 aliphatic rings. The van der Waals surface area contributed by atoms with Crippen molar-refractivity contribution >= 4 is 0 Å². The van der Waals surface area contributed by atoms with Gasteiger partial charge in [0.2, 0.25) is 0 Å². The standard InChI is InChI=1S/C11H19NO2/c1-7(6-13)12-9(3)11-5-8(2)14-10(11)4/h5,7,9,12-13H,6H2,1-4H3. The lowest BCUT2D eigenvalue weighted by Gasteiger charge is -2.17. The SMILES string of the molecule is Cc1cc(C(C)NC(C)CO)c(C)o1. The predicted molar refractivity (Wildman–Crippen MR) is 56.3 cm³/mol. The van der Waals surface area contributed by atoms with Gasteiger partial charge in [-0.2, -0.15) is 0 Å². The van der Waals surface area contributed by atoms with Gasteiger partial charge in [-0.3, -0.25) is 0 Å². The van der Waals surface area contributed by atoms with Gasteiger partial charge >= 0.3 is 0 Å². The zero-order valence-corrected chi connectivity index (χ0v) is 9.29. The molecule has 0 aliphatic heterocycles. The Labute approximate surface area is 85.1 Å². The highest BCUT2D eigenvalue weighted by Gasteiger charge is 2.13. The van der Waals surface area contributed by atoms with Crippen LogP contribution in [0.3, 0.4) is 0 Å². The lowest BCUT2D eigenvalue weighted by atomic mass is 10.1. The Morgan fingerprint density at radius 2 is 2.07 bits per heavy atom. The minimum atomic E-state index is 0.111. The van der Waals surface area contributed by atoms with Crippen LogP contribution in [0.5, 0.6) is 0 Å². The molecule has 0 bridgehead atoms. The van der Waals surface area contributed by atoms with Gasteiger partial charge in [-0.15, -0.1) is 0 Å². The fourth-order valence-electron chi connectivity index (χ4n) is 1.65. The van der Waals surface area contributed by atoms with Crippen molar-refractivity contribution in [2.24, 2.45) is 0 Å². The van der Waals surface area contributed by atoms with Gasteiger partial charge in [-0.1, -0.05) is 0 Å². The van der Waals surface area contributed by atoms with Gasteiger partial charge in [-0.05, 0) is 33.8 Å². The largest absolute Gasteiger partial charge is 0.466 e. The summed E-state index contributed by atoms with van der Waals surface area (Å²) in [4.78, 5) is 0. The maximum Gasteiger partial charge on any atom is 0.105 e. The molecule has 0 aromatic carbocycles. The van der Waals surface area contributed by atoms with E-state index in [0.717, 1.165) is 11.5 Å². The third-order valence-corrected chi connectivity index (χ3v) is 2.35. The second kappa shape index (κ2) is 4.62. The predicted octanol–water partition coefficient (Wildman–Crippen LogP) is 1.93. The maximum atomic E-state index is 8.92. The Bertz CT molecular complexity index is 293.